The average molecular weight is 203 g/mol. The van der Waals surface area contributed by atoms with E-state index in [4.69, 9.17) is 5.73 Å². The van der Waals surface area contributed by atoms with Crippen molar-refractivity contribution in [2.24, 2.45) is 0 Å². The van der Waals surface area contributed by atoms with E-state index in [-0.39, 0.29) is 0 Å². The van der Waals surface area contributed by atoms with Crippen LogP contribution in [0, 0.1) is 0 Å². The molecule has 3 nitrogen and oxygen atoms in total. The molecule has 70 valence electrons. The minimum absolute atomic E-state index is 0.767. The Labute approximate surface area is 86.4 Å². The standard InChI is InChI=1S/C10H9N3S/c11-8-3-1-2-4-9(8)14-10-7-12-5-6-13-10/h1-7H,11H2. The molecule has 2 aromatic rings. The Morgan fingerprint density at radius 2 is 2.00 bits per heavy atom. The molecule has 2 N–H and O–H groups in total. The van der Waals surface area contributed by atoms with Gasteiger partial charge < -0.3 is 5.73 Å². The first kappa shape index (κ1) is 9.02. The zero-order chi connectivity index (χ0) is 9.80. The van der Waals surface area contributed by atoms with E-state index in [9.17, 15) is 0 Å². The van der Waals surface area contributed by atoms with Gasteiger partial charge in [0.25, 0.3) is 0 Å². The molecule has 0 atom stereocenters. The van der Waals surface area contributed by atoms with Crippen LogP contribution in [0.15, 0.2) is 52.8 Å². The Balaban J connectivity index is 2.24. The SMILES string of the molecule is Nc1ccccc1Sc1cnccn1. The molecule has 2 rings (SSSR count). The lowest BCUT2D eigenvalue weighted by molar-refractivity contribution is 1.05. The summed E-state index contributed by atoms with van der Waals surface area (Å²) in [5.41, 5.74) is 6.57. The van der Waals surface area contributed by atoms with Crippen LogP contribution in [-0.2, 0) is 0 Å². The number of rotatable bonds is 2. The van der Waals surface area contributed by atoms with Gasteiger partial charge in [0.05, 0.1) is 6.20 Å². The Morgan fingerprint density at radius 3 is 2.71 bits per heavy atom. The first-order valence-corrected chi connectivity index (χ1v) is 4.96. The van der Waals surface area contributed by atoms with Gasteiger partial charge in [-0.05, 0) is 12.1 Å². The van der Waals surface area contributed by atoms with Crippen LogP contribution in [0.25, 0.3) is 0 Å². The number of benzene rings is 1. The molecule has 14 heavy (non-hydrogen) atoms. The molecule has 0 amide bonds. The van der Waals surface area contributed by atoms with Crippen molar-refractivity contribution in [2.45, 2.75) is 9.92 Å². The number of aromatic nitrogens is 2. The van der Waals surface area contributed by atoms with Gasteiger partial charge in [-0.1, -0.05) is 23.9 Å². The summed E-state index contributed by atoms with van der Waals surface area (Å²) in [5.74, 6) is 0. The van der Waals surface area contributed by atoms with E-state index in [1.54, 1.807) is 18.6 Å². The van der Waals surface area contributed by atoms with Gasteiger partial charge in [0.15, 0.2) is 0 Å². The van der Waals surface area contributed by atoms with Gasteiger partial charge in [0, 0.05) is 23.0 Å². The Bertz CT molecular complexity index is 417. The van der Waals surface area contributed by atoms with Gasteiger partial charge in [0.1, 0.15) is 5.03 Å². The highest BCUT2D eigenvalue weighted by Crippen LogP contribution is 2.29. The monoisotopic (exact) mass is 203 g/mol. The summed E-state index contributed by atoms with van der Waals surface area (Å²) in [4.78, 5) is 9.15. The second kappa shape index (κ2) is 4.11. The third-order valence-corrected chi connectivity index (χ3v) is 2.68. The van der Waals surface area contributed by atoms with Gasteiger partial charge in [0.2, 0.25) is 0 Å². The molecule has 0 aliphatic rings. The Morgan fingerprint density at radius 1 is 1.14 bits per heavy atom. The molecule has 1 aromatic heterocycles. The van der Waals surface area contributed by atoms with E-state index in [0.717, 1.165) is 15.6 Å². The first-order valence-electron chi connectivity index (χ1n) is 4.14. The predicted octanol–water partition coefficient (Wildman–Crippen LogP) is 2.21. The lowest BCUT2D eigenvalue weighted by Gasteiger charge is -2.02. The largest absolute Gasteiger partial charge is 0.398 e. The van der Waals surface area contributed by atoms with E-state index in [1.165, 1.54) is 11.8 Å². The highest BCUT2D eigenvalue weighted by atomic mass is 32.2. The quantitative estimate of drug-likeness (QED) is 0.760. The van der Waals surface area contributed by atoms with Crippen LogP contribution in [0.4, 0.5) is 5.69 Å². The molecule has 0 spiro atoms. The number of hydrogen-bond donors (Lipinski definition) is 1. The number of nitrogen functional groups attached to an aromatic ring is 1. The fourth-order valence-corrected chi connectivity index (χ4v) is 1.81. The van der Waals surface area contributed by atoms with Crippen molar-refractivity contribution in [2.75, 3.05) is 5.73 Å². The van der Waals surface area contributed by atoms with E-state index >= 15 is 0 Å². The molecular formula is C10H9N3S. The minimum atomic E-state index is 0.767. The molecule has 0 fully saturated rings. The number of anilines is 1. The van der Waals surface area contributed by atoms with Crippen molar-refractivity contribution in [3.63, 3.8) is 0 Å². The third-order valence-electron chi connectivity index (χ3n) is 1.67. The van der Waals surface area contributed by atoms with Crippen molar-refractivity contribution >= 4 is 17.4 Å². The van der Waals surface area contributed by atoms with Gasteiger partial charge >= 0.3 is 0 Å². The van der Waals surface area contributed by atoms with Crippen LogP contribution in [-0.4, -0.2) is 9.97 Å². The molecule has 0 saturated heterocycles. The van der Waals surface area contributed by atoms with Crippen molar-refractivity contribution in [3.05, 3.63) is 42.9 Å². The topological polar surface area (TPSA) is 51.8 Å². The highest BCUT2D eigenvalue weighted by molar-refractivity contribution is 7.99. The molecule has 4 heteroatoms. The Kier molecular flexibility index (Phi) is 2.65. The van der Waals surface area contributed by atoms with E-state index in [0.29, 0.717) is 0 Å². The van der Waals surface area contributed by atoms with Crippen LogP contribution in [0.5, 0.6) is 0 Å². The lowest BCUT2D eigenvalue weighted by atomic mass is 10.3. The smallest absolute Gasteiger partial charge is 0.119 e. The highest BCUT2D eigenvalue weighted by Gasteiger charge is 2.00. The molecular weight excluding hydrogens is 194 g/mol. The van der Waals surface area contributed by atoms with Crippen LogP contribution in [0.3, 0.4) is 0 Å². The fraction of sp³-hybridized carbons (Fsp3) is 0. The summed E-state index contributed by atoms with van der Waals surface area (Å²) >= 11 is 1.52. The zero-order valence-electron chi connectivity index (χ0n) is 7.42. The van der Waals surface area contributed by atoms with Gasteiger partial charge in [-0.15, -0.1) is 0 Å². The summed E-state index contributed by atoms with van der Waals surface area (Å²) < 4.78 is 0. The molecule has 0 radical (unpaired) electrons. The van der Waals surface area contributed by atoms with Gasteiger partial charge in [-0.2, -0.15) is 0 Å². The normalized spacial score (nSPS) is 10.0. The molecule has 0 bridgehead atoms. The van der Waals surface area contributed by atoms with Crippen molar-refractivity contribution in [1.29, 1.82) is 0 Å². The fourth-order valence-electron chi connectivity index (χ4n) is 1.02. The summed E-state index contributed by atoms with van der Waals surface area (Å²) in [6.45, 7) is 0. The second-order valence-electron chi connectivity index (χ2n) is 2.68. The maximum atomic E-state index is 5.80. The van der Waals surface area contributed by atoms with Crippen LogP contribution in [0.2, 0.25) is 0 Å². The summed E-state index contributed by atoms with van der Waals surface area (Å²) in [5, 5.41) is 0.852. The molecule has 1 aromatic carbocycles. The van der Waals surface area contributed by atoms with Crippen LogP contribution >= 0.6 is 11.8 Å². The summed E-state index contributed by atoms with van der Waals surface area (Å²) in [6, 6.07) is 7.71. The van der Waals surface area contributed by atoms with Crippen molar-refractivity contribution in [1.82, 2.24) is 9.97 Å². The molecule has 0 saturated carbocycles. The molecule has 0 aliphatic carbocycles. The van der Waals surface area contributed by atoms with E-state index in [1.807, 2.05) is 24.3 Å². The first-order chi connectivity index (χ1) is 6.86. The number of nitrogens with two attached hydrogens (primary N) is 1. The predicted molar refractivity (Wildman–Crippen MR) is 57.0 cm³/mol. The molecule has 0 aliphatic heterocycles. The van der Waals surface area contributed by atoms with E-state index < -0.39 is 0 Å². The van der Waals surface area contributed by atoms with E-state index in [2.05, 4.69) is 9.97 Å². The molecule has 0 unspecified atom stereocenters. The maximum Gasteiger partial charge on any atom is 0.119 e. The summed E-state index contributed by atoms with van der Waals surface area (Å²) in [7, 11) is 0. The van der Waals surface area contributed by atoms with Crippen molar-refractivity contribution < 1.29 is 0 Å². The molecule has 1 heterocycles. The summed E-state index contributed by atoms with van der Waals surface area (Å²) in [6.07, 6.45) is 5.04. The second-order valence-corrected chi connectivity index (χ2v) is 3.75. The minimum Gasteiger partial charge on any atom is -0.398 e. The number of para-hydroxylation sites is 1. The van der Waals surface area contributed by atoms with Gasteiger partial charge in [-0.3, -0.25) is 4.98 Å². The van der Waals surface area contributed by atoms with Crippen LogP contribution < -0.4 is 5.73 Å². The van der Waals surface area contributed by atoms with Gasteiger partial charge in [-0.25, -0.2) is 4.98 Å². The average Bonchev–Trinajstić information content (AvgIpc) is 2.23. The van der Waals surface area contributed by atoms with Crippen LogP contribution in [0.1, 0.15) is 0 Å². The zero-order valence-corrected chi connectivity index (χ0v) is 8.24. The maximum absolute atomic E-state index is 5.80. The third kappa shape index (κ3) is 2.03. The lowest BCUT2D eigenvalue weighted by Crippen LogP contribution is -1.88. The number of nitrogens with zero attached hydrogens (tertiary/aromatic N) is 2. The Hall–Kier alpha value is -1.55. The van der Waals surface area contributed by atoms with Crippen molar-refractivity contribution in [3.8, 4) is 0 Å². The number of hydrogen-bond acceptors (Lipinski definition) is 4.